The molecule has 0 aliphatic heterocycles. The van der Waals surface area contributed by atoms with Gasteiger partial charge < -0.3 is 19.5 Å². The van der Waals surface area contributed by atoms with Crippen molar-refractivity contribution in [3.05, 3.63) is 41.5 Å². The van der Waals surface area contributed by atoms with Crippen LogP contribution in [0.4, 0.5) is 4.79 Å². The Bertz CT molecular complexity index is 796. The number of urea groups is 1. The van der Waals surface area contributed by atoms with E-state index in [4.69, 9.17) is 9.26 Å². The molecule has 0 atom stereocenters. The van der Waals surface area contributed by atoms with Crippen molar-refractivity contribution in [2.75, 3.05) is 6.61 Å². The van der Waals surface area contributed by atoms with Crippen molar-refractivity contribution in [3.8, 4) is 5.75 Å². The summed E-state index contributed by atoms with van der Waals surface area (Å²) < 4.78 is 11.1. The van der Waals surface area contributed by atoms with Gasteiger partial charge in [-0.3, -0.25) is 0 Å². The Labute approximate surface area is 165 Å². The van der Waals surface area contributed by atoms with Crippen LogP contribution in [0.3, 0.4) is 0 Å². The molecule has 4 rings (SSSR count). The molecule has 1 aromatic carbocycles. The van der Waals surface area contributed by atoms with E-state index < -0.39 is 0 Å². The number of carbonyl (C=O) groups excluding carboxylic acids is 1. The second kappa shape index (κ2) is 8.63. The minimum atomic E-state index is -0.0963. The van der Waals surface area contributed by atoms with E-state index in [1.807, 2.05) is 36.1 Å². The molecule has 0 unspecified atom stereocenters. The molecule has 2 aliphatic rings. The molecule has 150 valence electrons. The fourth-order valence-corrected chi connectivity index (χ4v) is 3.80. The van der Waals surface area contributed by atoms with E-state index in [1.54, 1.807) is 0 Å². The molecule has 2 saturated carbocycles. The standard InChI is InChI=1S/C21H28N4O3/c1-2-27-18-10-6-5-9-16(18)14-25(17-11-12-17)21(26)22-13-19-23-20(28-24-19)15-7-3-4-8-15/h5-6,9-10,15,17H,2-4,7-8,11-14H2,1H3,(H,22,26). The monoisotopic (exact) mass is 384 g/mol. The average molecular weight is 384 g/mol. The van der Waals surface area contributed by atoms with Crippen molar-refractivity contribution < 1.29 is 14.1 Å². The van der Waals surface area contributed by atoms with Crippen molar-refractivity contribution in [3.63, 3.8) is 0 Å². The summed E-state index contributed by atoms with van der Waals surface area (Å²) in [5.41, 5.74) is 1.02. The smallest absolute Gasteiger partial charge is 0.318 e. The SMILES string of the molecule is CCOc1ccccc1CN(C(=O)NCc1noc(C2CCCC2)n1)C1CC1. The van der Waals surface area contributed by atoms with E-state index in [0.29, 0.717) is 30.8 Å². The van der Waals surface area contributed by atoms with Crippen molar-refractivity contribution in [2.24, 2.45) is 0 Å². The van der Waals surface area contributed by atoms with Crippen LogP contribution in [0.2, 0.25) is 0 Å². The molecule has 7 heteroatoms. The van der Waals surface area contributed by atoms with Gasteiger partial charge in [0, 0.05) is 17.5 Å². The molecule has 0 saturated heterocycles. The van der Waals surface area contributed by atoms with E-state index >= 15 is 0 Å². The number of amides is 2. The number of aromatic nitrogens is 2. The number of nitrogens with one attached hydrogen (secondary N) is 1. The highest BCUT2D eigenvalue weighted by molar-refractivity contribution is 5.75. The van der Waals surface area contributed by atoms with Gasteiger partial charge in [-0.2, -0.15) is 4.98 Å². The molecule has 0 spiro atoms. The largest absolute Gasteiger partial charge is 0.494 e. The average Bonchev–Trinajstić information content (AvgIpc) is 3.19. The maximum absolute atomic E-state index is 12.8. The topological polar surface area (TPSA) is 80.5 Å². The Morgan fingerprint density at radius 1 is 1.25 bits per heavy atom. The summed E-state index contributed by atoms with van der Waals surface area (Å²) in [6.07, 6.45) is 6.75. The summed E-state index contributed by atoms with van der Waals surface area (Å²) in [6, 6.07) is 8.08. The lowest BCUT2D eigenvalue weighted by Gasteiger charge is -2.23. The number of nitrogens with zero attached hydrogens (tertiary/aromatic N) is 3. The zero-order valence-electron chi connectivity index (χ0n) is 16.4. The summed E-state index contributed by atoms with van der Waals surface area (Å²) in [4.78, 5) is 19.2. The van der Waals surface area contributed by atoms with Gasteiger partial charge in [0.15, 0.2) is 5.82 Å². The van der Waals surface area contributed by atoms with Gasteiger partial charge in [0.2, 0.25) is 5.89 Å². The zero-order chi connectivity index (χ0) is 19.3. The molecule has 28 heavy (non-hydrogen) atoms. The third-order valence-electron chi connectivity index (χ3n) is 5.45. The van der Waals surface area contributed by atoms with E-state index in [9.17, 15) is 4.79 Å². The molecule has 0 bridgehead atoms. The summed E-state index contributed by atoms with van der Waals surface area (Å²) >= 11 is 0. The van der Waals surface area contributed by atoms with E-state index in [1.165, 1.54) is 12.8 Å². The maximum atomic E-state index is 12.8. The molecule has 7 nitrogen and oxygen atoms in total. The van der Waals surface area contributed by atoms with Crippen LogP contribution in [0.25, 0.3) is 0 Å². The predicted molar refractivity (Wildman–Crippen MR) is 104 cm³/mol. The van der Waals surface area contributed by atoms with Crippen molar-refractivity contribution >= 4 is 6.03 Å². The Hall–Kier alpha value is -2.57. The molecule has 2 aromatic rings. The number of benzene rings is 1. The van der Waals surface area contributed by atoms with Crippen LogP contribution in [0, 0.1) is 0 Å². The van der Waals surface area contributed by atoms with Crippen molar-refractivity contribution in [1.82, 2.24) is 20.4 Å². The number of para-hydroxylation sites is 1. The molecule has 2 aliphatic carbocycles. The molecule has 1 aromatic heterocycles. The highest BCUT2D eigenvalue weighted by atomic mass is 16.5. The number of carbonyl (C=O) groups is 1. The summed E-state index contributed by atoms with van der Waals surface area (Å²) in [5, 5.41) is 6.99. The van der Waals surface area contributed by atoms with E-state index in [0.717, 1.165) is 37.0 Å². The van der Waals surface area contributed by atoms with Crippen molar-refractivity contribution in [1.29, 1.82) is 0 Å². The second-order valence-corrected chi connectivity index (χ2v) is 7.59. The predicted octanol–water partition coefficient (Wildman–Crippen LogP) is 4.00. The first kappa shape index (κ1) is 18.8. The number of hydrogen-bond donors (Lipinski definition) is 1. The number of hydrogen-bond acceptors (Lipinski definition) is 5. The highest BCUT2D eigenvalue weighted by Crippen LogP contribution is 2.33. The van der Waals surface area contributed by atoms with Crippen LogP contribution in [0.15, 0.2) is 28.8 Å². The molecule has 0 radical (unpaired) electrons. The van der Waals surface area contributed by atoms with E-state index in [2.05, 4.69) is 15.5 Å². The number of rotatable bonds is 8. The van der Waals surface area contributed by atoms with Gasteiger partial charge in [-0.1, -0.05) is 36.2 Å². The van der Waals surface area contributed by atoms with Gasteiger partial charge in [-0.05, 0) is 38.7 Å². The fourth-order valence-electron chi connectivity index (χ4n) is 3.80. The van der Waals surface area contributed by atoms with Crippen LogP contribution in [-0.2, 0) is 13.1 Å². The lowest BCUT2D eigenvalue weighted by atomic mass is 10.1. The molecule has 2 fully saturated rings. The quantitative estimate of drug-likeness (QED) is 0.744. The fraction of sp³-hybridized carbons (Fsp3) is 0.571. The van der Waals surface area contributed by atoms with Gasteiger partial charge in [-0.15, -0.1) is 0 Å². The first-order chi connectivity index (χ1) is 13.7. The highest BCUT2D eigenvalue weighted by Gasteiger charge is 2.33. The van der Waals surface area contributed by atoms with E-state index in [-0.39, 0.29) is 18.6 Å². The normalized spacial score (nSPS) is 16.9. The van der Waals surface area contributed by atoms with Gasteiger partial charge in [-0.25, -0.2) is 4.79 Å². The van der Waals surface area contributed by atoms with Crippen LogP contribution in [0.5, 0.6) is 5.75 Å². The van der Waals surface area contributed by atoms with Gasteiger partial charge in [0.25, 0.3) is 0 Å². The molecular weight excluding hydrogens is 356 g/mol. The Morgan fingerprint density at radius 2 is 2.04 bits per heavy atom. The van der Waals surface area contributed by atoms with Gasteiger partial charge >= 0.3 is 6.03 Å². The Morgan fingerprint density at radius 3 is 2.79 bits per heavy atom. The lowest BCUT2D eigenvalue weighted by Crippen LogP contribution is -2.40. The summed E-state index contributed by atoms with van der Waals surface area (Å²) in [6.45, 7) is 3.39. The Kier molecular flexibility index (Phi) is 5.78. The zero-order valence-corrected chi connectivity index (χ0v) is 16.4. The van der Waals surface area contributed by atoms with Crippen molar-refractivity contribution in [2.45, 2.75) is 70.5 Å². The molecule has 2 amide bonds. The molecule has 1 heterocycles. The lowest BCUT2D eigenvalue weighted by molar-refractivity contribution is 0.190. The van der Waals surface area contributed by atoms with Crippen LogP contribution >= 0.6 is 0 Å². The Balaban J connectivity index is 1.37. The first-order valence-corrected chi connectivity index (χ1v) is 10.3. The second-order valence-electron chi connectivity index (χ2n) is 7.59. The third-order valence-corrected chi connectivity index (χ3v) is 5.45. The van der Waals surface area contributed by atoms with Gasteiger partial charge in [0.05, 0.1) is 19.7 Å². The maximum Gasteiger partial charge on any atom is 0.318 e. The first-order valence-electron chi connectivity index (χ1n) is 10.3. The van der Waals surface area contributed by atoms with Gasteiger partial charge in [0.1, 0.15) is 5.75 Å². The number of ether oxygens (including phenoxy) is 1. The third kappa shape index (κ3) is 4.46. The van der Waals surface area contributed by atoms with Crippen LogP contribution in [0.1, 0.15) is 68.6 Å². The minimum absolute atomic E-state index is 0.0963. The molecule has 1 N–H and O–H groups in total. The summed E-state index contributed by atoms with van der Waals surface area (Å²) in [7, 11) is 0. The minimum Gasteiger partial charge on any atom is -0.494 e. The van der Waals surface area contributed by atoms with Crippen LogP contribution in [-0.4, -0.2) is 33.7 Å². The molecular formula is C21H28N4O3. The van der Waals surface area contributed by atoms with Crippen LogP contribution < -0.4 is 10.1 Å². The summed E-state index contributed by atoms with van der Waals surface area (Å²) in [5.74, 6) is 2.48.